The van der Waals surface area contributed by atoms with Crippen molar-refractivity contribution in [1.82, 2.24) is 0 Å². The van der Waals surface area contributed by atoms with E-state index in [0.29, 0.717) is 26.2 Å². The van der Waals surface area contributed by atoms with Crippen LogP contribution in [0.4, 0.5) is 0 Å². The van der Waals surface area contributed by atoms with E-state index in [2.05, 4.69) is 33.9 Å². The van der Waals surface area contributed by atoms with Gasteiger partial charge in [0.1, 0.15) is 12.9 Å². The molecule has 0 saturated carbocycles. The van der Waals surface area contributed by atoms with Crippen molar-refractivity contribution in [2.45, 2.75) is 58.4 Å². The van der Waals surface area contributed by atoms with Gasteiger partial charge in [0.15, 0.2) is 14.1 Å². The molecule has 0 aliphatic carbocycles. The quantitative estimate of drug-likeness (QED) is 0.333. The number of ether oxygens (including phenoxy) is 3. The topological polar surface area (TPSA) is 54.0 Å². The minimum absolute atomic E-state index is 0.00386. The fourth-order valence-electron chi connectivity index (χ4n) is 1.37. The molecule has 5 nitrogen and oxygen atoms in total. The summed E-state index contributed by atoms with van der Waals surface area (Å²) in [5.41, 5.74) is 0. The van der Waals surface area contributed by atoms with Crippen LogP contribution in [0.15, 0.2) is 0 Å². The molecule has 0 aliphatic heterocycles. The predicted octanol–water partition coefficient (Wildman–Crippen LogP) is 2.99. The second-order valence-electron chi connectivity index (χ2n) is 6.68. The first-order valence-electron chi connectivity index (χ1n) is 7.44. The van der Waals surface area contributed by atoms with E-state index in [-0.39, 0.29) is 17.6 Å². The molecular weight excluding hydrogens is 288 g/mol. The molecule has 0 aromatic carbocycles. The van der Waals surface area contributed by atoms with Crippen LogP contribution in [0.3, 0.4) is 0 Å². The molecule has 0 rings (SSSR count). The van der Waals surface area contributed by atoms with Crippen molar-refractivity contribution in [2.75, 3.05) is 33.7 Å². The lowest BCUT2D eigenvalue weighted by Crippen LogP contribution is -2.41. The van der Waals surface area contributed by atoms with Crippen molar-refractivity contribution in [3.63, 3.8) is 0 Å². The molecule has 0 bridgehead atoms. The van der Waals surface area contributed by atoms with E-state index >= 15 is 0 Å². The first kappa shape index (κ1) is 20.7. The van der Waals surface area contributed by atoms with Gasteiger partial charge in [-0.05, 0) is 25.1 Å². The Labute approximate surface area is 130 Å². The molecular formula is C15H32O5Si. The standard InChI is InChI=1S/C15H32O5Si/c1-13(16)14(19-12-18-11-10-17-5)8-9-20-21(6,7)15(2,3)4/h14H,8-12H2,1-7H3/t14-/m0/s1. The summed E-state index contributed by atoms with van der Waals surface area (Å²) in [6.07, 6.45) is 0.104. The van der Waals surface area contributed by atoms with Crippen molar-refractivity contribution < 1.29 is 23.4 Å². The summed E-state index contributed by atoms with van der Waals surface area (Å²) in [6, 6.07) is 0. The van der Waals surface area contributed by atoms with Gasteiger partial charge in [0.25, 0.3) is 0 Å². The summed E-state index contributed by atoms with van der Waals surface area (Å²) >= 11 is 0. The molecule has 0 N–H and O–H groups in total. The molecule has 0 aliphatic rings. The van der Waals surface area contributed by atoms with Gasteiger partial charge in [-0.2, -0.15) is 0 Å². The van der Waals surface area contributed by atoms with Gasteiger partial charge in [0.05, 0.1) is 13.2 Å². The average molecular weight is 321 g/mol. The fourth-order valence-corrected chi connectivity index (χ4v) is 2.43. The number of Topliss-reactive ketones (excluding diaryl/α,β-unsaturated/α-hetero) is 1. The zero-order valence-corrected chi connectivity index (χ0v) is 15.7. The zero-order valence-electron chi connectivity index (χ0n) is 14.7. The van der Waals surface area contributed by atoms with Crippen LogP contribution in [0.5, 0.6) is 0 Å². The zero-order chi connectivity index (χ0) is 16.5. The molecule has 0 aromatic rings. The first-order valence-corrected chi connectivity index (χ1v) is 10.4. The normalized spacial score (nSPS) is 14.2. The van der Waals surface area contributed by atoms with Crippen LogP contribution < -0.4 is 0 Å². The van der Waals surface area contributed by atoms with Crippen LogP contribution in [0.25, 0.3) is 0 Å². The van der Waals surface area contributed by atoms with Gasteiger partial charge < -0.3 is 18.6 Å². The van der Waals surface area contributed by atoms with E-state index in [1.54, 1.807) is 7.11 Å². The second-order valence-corrected chi connectivity index (χ2v) is 11.5. The van der Waals surface area contributed by atoms with E-state index < -0.39 is 14.4 Å². The SMILES string of the molecule is COCCOCO[C@@H](CCO[Si](C)(C)C(C)(C)C)C(C)=O. The maximum Gasteiger partial charge on any atom is 0.191 e. The minimum Gasteiger partial charge on any atom is -0.417 e. The number of ketones is 1. The lowest BCUT2D eigenvalue weighted by Gasteiger charge is -2.36. The molecule has 0 aromatic heterocycles. The van der Waals surface area contributed by atoms with E-state index in [1.165, 1.54) is 6.92 Å². The molecule has 126 valence electrons. The highest BCUT2D eigenvalue weighted by Crippen LogP contribution is 2.36. The summed E-state index contributed by atoms with van der Waals surface area (Å²) in [7, 11) is -0.158. The summed E-state index contributed by atoms with van der Waals surface area (Å²) < 4.78 is 21.6. The number of rotatable bonds is 11. The third-order valence-corrected chi connectivity index (χ3v) is 8.43. The van der Waals surface area contributed by atoms with Gasteiger partial charge in [-0.1, -0.05) is 20.8 Å². The van der Waals surface area contributed by atoms with Gasteiger partial charge >= 0.3 is 0 Å². The summed E-state index contributed by atoms with van der Waals surface area (Å²) in [5, 5.41) is 0.169. The van der Waals surface area contributed by atoms with Gasteiger partial charge in [0.2, 0.25) is 0 Å². The minimum atomic E-state index is -1.77. The molecule has 6 heteroatoms. The summed E-state index contributed by atoms with van der Waals surface area (Å²) in [5.74, 6) is 0.00386. The second kappa shape index (κ2) is 9.68. The molecule has 0 unspecified atom stereocenters. The van der Waals surface area contributed by atoms with Gasteiger partial charge in [-0.15, -0.1) is 0 Å². The van der Waals surface area contributed by atoms with Crippen LogP contribution in [0.1, 0.15) is 34.1 Å². The Hall–Kier alpha value is -0.273. The van der Waals surface area contributed by atoms with Crippen LogP contribution in [0.2, 0.25) is 18.1 Å². The Balaban J connectivity index is 4.08. The molecule has 1 atom stereocenters. The Morgan fingerprint density at radius 2 is 1.76 bits per heavy atom. The monoisotopic (exact) mass is 320 g/mol. The Morgan fingerprint density at radius 1 is 1.14 bits per heavy atom. The van der Waals surface area contributed by atoms with Crippen molar-refractivity contribution in [3.8, 4) is 0 Å². The average Bonchev–Trinajstić information content (AvgIpc) is 2.34. The van der Waals surface area contributed by atoms with E-state index in [0.717, 1.165) is 0 Å². The fraction of sp³-hybridized carbons (Fsp3) is 0.933. The molecule has 0 amide bonds. The largest absolute Gasteiger partial charge is 0.417 e. The molecule has 0 heterocycles. The molecule has 0 radical (unpaired) electrons. The van der Waals surface area contributed by atoms with Gasteiger partial charge in [-0.3, -0.25) is 4.79 Å². The summed E-state index contributed by atoms with van der Waals surface area (Å²) in [4.78, 5) is 11.6. The highest BCUT2D eigenvalue weighted by Gasteiger charge is 2.37. The van der Waals surface area contributed by atoms with Gasteiger partial charge in [-0.25, -0.2) is 0 Å². The highest BCUT2D eigenvalue weighted by atomic mass is 28.4. The van der Waals surface area contributed by atoms with Crippen molar-refractivity contribution >= 4 is 14.1 Å². The third kappa shape index (κ3) is 8.68. The maximum atomic E-state index is 11.6. The molecule has 21 heavy (non-hydrogen) atoms. The molecule has 0 saturated heterocycles. The maximum absolute atomic E-state index is 11.6. The Kier molecular flexibility index (Phi) is 9.56. The predicted molar refractivity (Wildman–Crippen MR) is 86.0 cm³/mol. The van der Waals surface area contributed by atoms with E-state index in [9.17, 15) is 4.79 Å². The van der Waals surface area contributed by atoms with E-state index in [4.69, 9.17) is 18.6 Å². The van der Waals surface area contributed by atoms with Crippen LogP contribution in [0, 0.1) is 0 Å². The highest BCUT2D eigenvalue weighted by molar-refractivity contribution is 6.74. The van der Waals surface area contributed by atoms with Crippen molar-refractivity contribution in [3.05, 3.63) is 0 Å². The van der Waals surface area contributed by atoms with Crippen LogP contribution in [-0.2, 0) is 23.4 Å². The Bertz CT molecular complexity index is 299. The molecule has 0 spiro atoms. The number of hydrogen-bond acceptors (Lipinski definition) is 5. The van der Waals surface area contributed by atoms with Crippen molar-refractivity contribution in [1.29, 1.82) is 0 Å². The number of carbonyl (C=O) groups is 1. The lowest BCUT2D eigenvalue weighted by molar-refractivity contribution is -0.143. The summed E-state index contributed by atoms with van der Waals surface area (Å²) in [6.45, 7) is 14.1. The van der Waals surface area contributed by atoms with Crippen molar-refractivity contribution in [2.24, 2.45) is 0 Å². The van der Waals surface area contributed by atoms with Crippen LogP contribution in [-0.4, -0.2) is 53.9 Å². The smallest absolute Gasteiger partial charge is 0.191 e. The van der Waals surface area contributed by atoms with Crippen LogP contribution >= 0.6 is 0 Å². The number of carbonyl (C=O) groups excluding carboxylic acids is 1. The number of methoxy groups -OCH3 is 1. The van der Waals surface area contributed by atoms with E-state index in [1.807, 2.05) is 0 Å². The third-order valence-electron chi connectivity index (χ3n) is 3.89. The number of hydrogen-bond donors (Lipinski definition) is 0. The molecule has 0 fully saturated rings. The lowest BCUT2D eigenvalue weighted by atomic mass is 10.2. The van der Waals surface area contributed by atoms with Gasteiger partial charge in [0, 0.05) is 20.1 Å². The first-order chi connectivity index (χ1) is 9.62. The Morgan fingerprint density at radius 3 is 2.24 bits per heavy atom.